The maximum atomic E-state index is 12.2. The molecule has 3 rings (SSSR count). The first-order chi connectivity index (χ1) is 12.1. The number of para-hydroxylation sites is 1. The number of carboxylic acid groups (broad SMARTS) is 1. The van der Waals surface area contributed by atoms with E-state index in [9.17, 15) is 14.7 Å². The zero-order valence-corrected chi connectivity index (χ0v) is 13.9. The van der Waals surface area contributed by atoms with Crippen LogP contribution >= 0.6 is 0 Å². The molecule has 132 valence electrons. The van der Waals surface area contributed by atoms with Crippen molar-refractivity contribution in [3.05, 3.63) is 47.3 Å². The Morgan fingerprint density at radius 2 is 2.16 bits per heavy atom. The maximum Gasteiger partial charge on any atom is 0.308 e. The van der Waals surface area contributed by atoms with Crippen LogP contribution in [0.3, 0.4) is 0 Å². The standard InChI is InChI=1S/C18H20N2O5/c1-24-15-5-3-2-4-12(15)8-13(18(22)23)10-19-17(21)14-9-16(25-20-14)11-6-7-11/h2-5,9,11,13H,6-8,10H2,1H3,(H,19,21)(H,22,23). The van der Waals surface area contributed by atoms with Gasteiger partial charge in [-0.3, -0.25) is 9.59 Å². The Morgan fingerprint density at radius 1 is 1.40 bits per heavy atom. The van der Waals surface area contributed by atoms with Crippen LogP contribution in [0, 0.1) is 5.92 Å². The predicted molar refractivity (Wildman–Crippen MR) is 88.6 cm³/mol. The number of carbonyl (C=O) groups excluding carboxylic acids is 1. The van der Waals surface area contributed by atoms with E-state index in [-0.39, 0.29) is 18.7 Å². The third kappa shape index (κ3) is 4.17. The monoisotopic (exact) mass is 344 g/mol. The van der Waals surface area contributed by atoms with Crippen molar-refractivity contribution in [3.63, 3.8) is 0 Å². The SMILES string of the molecule is COc1ccccc1CC(CNC(=O)c1cc(C2CC2)on1)C(=O)O. The molecule has 2 N–H and O–H groups in total. The van der Waals surface area contributed by atoms with Crippen molar-refractivity contribution in [2.24, 2.45) is 5.92 Å². The van der Waals surface area contributed by atoms with Gasteiger partial charge in [0.05, 0.1) is 13.0 Å². The van der Waals surface area contributed by atoms with E-state index in [1.54, 1.807) is 19.2 Å². The fourth-order valence-electron chi connectivity index (χ4n) is 2.65. The number of nitrogens with one attached hydrogen (secondary N) is 1. The first-order valence-electron chi connectivity index (χ1n) is 8.18. The van der Waals surface area contributed by atoms with E-state index < -0.39 is 17.8 Å². The molecular formula is C18H20N2O5. The average Bonchev–Trinajstić information content (AvgIpc) is 3.35. The largest absolute Gasteiger partial charge is 0.496 e. The van der Waals surface area contributed by atoms with Crippen molar-refractivity contribution in [2.75, 3.05) is 13.7 Å². The summed E-state index contributed by atoms with van der Waals surface area (Å²) in [6.45, 7) is -0.00215. The van der Waals surface area contributed by atoms with Crippen LogP contribution in [-0.4, -0.2) is 35.8 Å². The fraction of sp³-hybridized carbons (Fsp3) is 0.389. The summed E-state index contributed by atoms with van der Waals surface area (Å²) in [5.41, 5.74) is 0.965. The molecule has 2 aromatic rings. The fourth-order valence-corrected chi connectivity index (χ4v) is 2.65. The minimum Gasteiger partial charge on any atom is -0.496 e. The zero-order valence-electron chi connectivity index (χ0n) is 13.9. The molecule has 1 saturated carbocycles. The van der Waals surface area contributed by atoms with Gasteiger partial charge in [0.25, 0.3) is 5.91 Å². The number of hydrogen-bond acceptors (Lipinski definition) is 5. The molecule has 25 heavy (non-hydrogen) atoms. The molecule has 1 aromatic carbocycles. The van der Waals surface area contributed by atoms with Gasteiger partial charge in [0.2, 0.25) is 0 Å². The quantitative estimate of drug-likeness (QED) is 0.761. The van der Waals surface area contributed by atoms with Crippen molar-refractivity contribution in [2.45, 2.75) is 25.2 Å². The van der Waals surface area contributed by atoms with Gasteiger partial charge >= 0.3 is 5.97 Å². The Kier molecular flexibility index (Phi) is 5.02. The van der Waals surface area contributed by atoms with Gasteiger partial charge in [-0.05, 0) is 30.9 Å². The van der Waals surface area contributed by atoms with Gasteiger partial charge in [-0.25, -0.2) is 0 Å². The summed E-state index contributed by atoms with van der Waals surface area (Å²) in [5.74, 6) is -0.465. The van der Waals surface area contributed by atoms with E-state index in [1.807, 2.05) is 18.2 Å². The molecule has 1 aliphatic rings. The number of hydrogen-bond donors (Lipinski definition) is 2. The smallest absolute Gasteiger partial charge is 0.308 e. The van der Waals surface area contributed by atoms with Crippen molar-refractivity contribution in [1.29, 1.82) is 0 Å². The lowest BCUT2D eigenvalue weighted by molar-refractivity contribution is -0.141. The van der Waals surface area contributed by atoms with Gasteiger partial charge in [0.1, 0.15) is 11.5 Å². The summed E-state index contributed by atoms with van der Waals surface area (Å²) in [5, 5.41) is 15.8. The molecule has 7 heteroatoms. The second-order valence-corrected chi connectivity index (χ2v) is 6.15. The highest BCUT2D eigenvalue weighted by Gasteiger charge is 2.29. The average molecular weight is 344 g/mol. The molecule has 1 heterocycles. The summed E-state index contributed by atoms with van der Waals surface area (Å²) < 4.78 is 10.4. The highest BCUT2D eigenvalue weighted by molar-refractivity contribution is 5.92. The van der Waals surface area contributed by atoms with Crippen LogP contribution in [0.5, 0.6) is 5.75 Å². The third-order valence-corrected chi connectivity index (χ3v) is 4.26. The van der Waals surface area contributed by atoms with Gasteiger partial charge in [-0.15, -0.1) is 0 Å². The zero-order chi connectivity index (χ0) is 17.8. The van der Waals surface area contributed by atoms with Crippen LogP contribution in [0.2, 0.25) is 0 Å². The Morgan fingerprint density at radius 3 is 2.84 bits per heavy atom. The number of amides is 1. The third-order valence-electron chi connectivity index (χ3n) is 4.26. The van der Waals surface area contributed by atoms with Gasteiger partial charge in [-0.1, -0.05) is 23.4 Å². The van der Waals surface area contributed by atoms with Crippen LogP contribution in [0.1, 0.15) is 40.6 Å². The molecule has 7 nitrogen and oxygen atoms in total. The molecule has 1 unspecified atom stereocenters. The lowest BCUT2D eigenvalue weighted by atomic mass is 9.98. The molecule has 0 spiro atoms. The van der Waals surface area contributed by atoms with Crippen molar-refractivity contribution in [3.8, 4) is 5.75 Å². The minimum absolute atomic E-state index is 0.00215. The lowest BCUT2D eigenvalue weighted by Crippen LogP contribution is -2.34. The second kappa shape index (κ2) is 7.38. The van der Waals surface area contributed by atoms with Crippen LogP contribution < -0.4 is 10.1 Å². The molecule has 0 radical (unpaired) electrons. The van der Waals surface area contributed by atoms with E-state index in [1.165, 1.54) is 0 Å². The number of nitrogens with zero attached hydrogens (tertiary/aromatic N) is 1. The Bertz CT molecular complexity index is 766. The summed E-state index contributed by atoms with van der Waals surface area (Å²) in [6.07, 6.45) is 2.36. The van der Waals surface area contributed by atoms with Gasteiger partial charge in [0.15, 0.2) is 5.69 Å². The summed E-state index contributed by atoms with van der Waals surface area (Å²) in [7, 11) is 1.54. The number of carboxylic acids is 1. The van der Waals surface area contributed by atoms with Gasteiger partial charge in [0, 0.05) is 18.5 Å². The molecule has 1 aliphatic carbocycles. The van der Waals surface area contributed by atoms with Crippen LogP contribution in [0.15, 0.2) is 34.9 Å². The molecular weight excluding hydrogens is 324 g/mol. The molecule has 1 amide bonds. The highest BCUT2D eigenvalue weighted by Crippen LogP contribution is 2.40. The molecule has 0 saturated heterocycles. The Hall–Kier alpha value is -2.83. The maximum absolute atomic E-state index is 12.2. The summed E-state index contributed by atoms with van der Waals surface area (Å²) in [4.78, 5) is 23.7. The van der Waals surface area contributed by atoms with E-state index in [0.717, 1.165) is 18.4 Å². The summed E-state index contributed by atoms with van der Waals surface area (Å²) >= 11 is 0. The Balaban J connectivity index is 1.61. The number of aliphatic carboxylic acids is 1. The molecule has 0 bridgehead atoms. The number of carbonyl (C=O) groups is 2. The Labute approximate surface area is 145 Å². The highest BCUT2D eigenvalue weighted by atomic mass is 16.5. The second-order valence-electron chi connectivity index (χ2n) is 6.15. The van der Waals surface area contributed by atoms with Gasteiger partial charge < -0.3 is 19.7 Å². The molecule has 1 aromatic heterocycles. The molecule has 0 aliphatic heterocycles. The lowest BCUT2D eigenvalue weighted by Gasteiger charge is -2.15. The van der Waals surface area contributed by atoms with E-state index >= 15 is 0 Å². The normalized spacial score (nSPS) is 14.8. The van der Waals surface area contributed by atoms with E-state index in [2.05, 4.69) is 10.5 Å². The van der Waals surface area contributed by atoms with Crippen LogP contribution in [0.25, 0.3) is 0 Å². The van der Waals surface area contributed by atoms with E-state index in [4.69, 9.17) is 9.26 Å². The number of ether oxygens (including phenoxy) is 1. The summed E-state index contributed by atoms with van der Waals surface area (Å²) in [6, 6.07) is 8.87. The molecule has 1 fully saturated rings. The van der Waals surface area contributed by atoms with Crippen molar-refractivity contribution >= 4 is 11.9 Å². The number of methoxy groups -OCH3 is 1. The van der Waals surface area contributed by atoms with Crippen LogP contribution in [-0.2, 0) is 11.2 Å². The number of aromatic nitrogens is 1. The predicted octanol–water partition coefficient (Wildman–Crippen LogP) is 2.23. The van der Waals surface area contributed by atoms with Crippen molar-refractivity contribution < 1.29 is 24.0 Å². The first-order valence-corrected chi connectivity index (χ1v) is 8.18. The van der Waals surface area contributed by atoms with E-state index in [0.29, 0.717) is 17.4 Å². The number of rotatable bonds is 8. The van der Waals surface area contributed by atoms with Gasteiger partial charge in [-0.2, -0.15) is 0 Å². The van der Waals surface area contributed by atoms with Crippen molar-refractivity contribution in [1.82, 2.24) is 10.5 Å². The topological polar surface area (TPSA) is 102 Å². The van der Waals surface area contributed by atoms with Crippen LogP contribution in [0.4, 0.5) is 0 Å². The first kappa shape index (κ1) is 17.0. The number of benzene rings is 1. The molecule has 1 atom stereocenters. The minimum atomic E-state index is -0.981.